The summed E-state index contributed by atoms with van der Waals surface area (Å²) in [6, 6.07) is 0. The van der Waals surface area contributed by atoms with Gasteiger partial charge in [-0.3, -0.25) is 0 Å². The normalized spacial score (nSPS) is 14.6. The molecule has 0 atom stereocenters. The van der Waals surface area contributed by atoms with Crippen LogP contribution in [0, 0.1) is 0 Å². The van der Waals surface area contributed by atoms with Gasteiger partial charge in [-0.2, -0.15) is 10.2 Å². The highest BCUT2D eigenvalue weighted by Gasteiger charge is 1.90. The van der Waals surface area contributed by atoms with Crippen LogP contribution in [0.2, 0.25) is 0 Å². The van der Waals surface area contributed by atoms with E-state index in [1.807, 2.05) is 20.8 Å². The maximum atomic E-state index is 3.72. The molecule has 1 aliphatic rings. The summed E-state index contributed by atoms with van der Waals surface area (Å²) >= 11 is 0. The van der Waals surface area contributed by atoms with Crippen molar-refractivity contribution in [1.29, 1.82) is 0 Å². The van der Waals surface area contributed by atoms with Gasteiger partial charge in [-0.1, -0.05) is 13.8 Å². The minimum absolute atomic E-state index is 0.944. The minimum Gasteiger partial charge on any atom is -0.163 e. The highest BCUT2D eigenvalue weighted by Crippen LogP contribution is 1.90. The van der Waals surface area contributed by atoms with E-state index in [0.29, 0.717) is 0 Å². The fourth-order valence-electron chi connectivity index (χ4n) is 0.353. The standard InChI is InChI=1S/C4H6N2.C2H6/c1-4-2-3-5-6-4;1-2/h3H,2H2,1H3;1-2H3. The molecule has 0 aromatic heterocycles. The first-order valence-corrected chi connectivity index (χ1v) is 2.94. The molecule has 0 N–H and O–H groups in total. The number of nitrogens with zero attached hydrogens (tertiary/aromatic N) is 2. The highest BCUT2D eigenvalue weighted by atomic mass is 15.2. The topological polar surface area (TPSA) is 24.7 Å². The Morgan fingerprint density at radius 2 is 2.12 bits per heavy atom. The Hall–Kier alpha value is -0.660. The lowest BCUT2D eigenvalue weighted by Crippen LogP contribution is -1.81. The van der Waals surface area contributed by atoms with Gasteiger partial charge in [-0.15, -0.1) is 0 Å². The third kappa shape index (κ3) is 2.50. The molecule has 1 aliphatic heterocycles. The molecular weight excluding hydrogens is 100 g/mol. The molecule has 8 heavy (non-hydrogen) atoms. The lowest BCUT2D eigenvalue weighted by Gasteiger charge is -1.73. The SMILES string of the molecule is CC.CC1=NN=CC1. The number of rotatable bonds is 0. The van der Waals surface area contributed by atoms with E-state index in [4.69, 9.17) is 0 Å². The largest absolute Gasteiger partial charge is 0.163 e. The van der Waals surface area contributed by atoms with Crippen LogP contribution in [-0.2, 0) is 0 Å². The van der Waals surface area contributed by atoms with Gasteiger partial charge in [-0.05, 0) is 6.92 Å². The molecule has 2 nitrogen and oxygen atoms in total. The molecule has 0 radical (unpaired) electrons. The molecule has 0 saturated heterocycles. The predicted molar refractivity (Wildman–Crippen MR) is 37.6 cm³/mol. The summed E-state index contributed by atoms with van der Waals surface area (Å²) in [6.07, 6.45) is 2.75. The van der Waals surface area contributed by atoms with Crippen LogP contribution in [0.25, 0.3) is 0 Å². The van der Waals surface area contributed by atoms with Gasteiger partial charge in [0.15, 0.2) is 0 Å². The van der Waals surface area contributed by atoms with Crippen LogP contribution in [0.1, 0.15) is 27.2 Å². The highest BCUT2D eigenvalue weighted by molar-refractivity contribution is 5.96. The minimum atomic E-state index is 0.944. The first kappa shape index (κ1) is 7.34. The molecular formula is C6H12N2. The smallest absolute Gasteiger partial charge is 0.0428 e. The zero-order valence-corrected chi connectivity index (χ0v) is 5.68. The van der Waals surface area contributed by atoms with Crippen LogP contribution >= 0.6 is 0 Å². The van der Waals surface area contributed by atoms with Gasteiger partial charge in [-0.25, -0.2) is 0 Å². The van der Waals surface area contributed by atoms with Crippen molar-refractivity contribution in [1.82, 2.24) is 0 Å². The summed E-state index contributed by atoms with van der Waals surface area (Å²) in [5.74, 6) is 0. The van der Waals surface area contributed by atoms with Crippen LogP contribution in [0.5, 0.6) is 0 Å². The molecule has 0 aromatic carbocycles. The van der Waals surface area contributed by atoms with Gasteiger partial charge in [0.1, 0.15) is 0 Å². The molecule has 0 saturated carbocycles. The van der Waals surface area contributed by atoms with E-state index >= 15 is 0 Å². The van der Waals surface area contributed by atoms with E-state index in [-0.39, 0.29) is 0 Å². The zero-order valence-electron chi connectivity index (χ0n) is 5.68. The summed E-state index contributed by atoms with van der Waals surface area (Å²) in [6.45, 7) is 5.97. The van der Waals surface area contributed by atoms with Gasteiger partial charge < -0.3 is 0 Å². The van der Waals surface area contributed by atoms with Gasteiger partial charge in [0, 0.05) is 18.3 Å². The first-order valence-electron chi connectivity index (χ1n) is 2.94. The second-order valence-corrected chi connectivity index (χ2v) is 1.34. The van der Waals surface area contributed by atoms with Crippen LogP contribution < -0.4 is 0 Å². The van der Waals surface area contributed by atoms with Crippen molar-refractivity contribution in [3.8, 4) is 0 Å². The van der Waals surface area contributed by atoms with Gasteiger partial charge in [0.25, 0.3) is 0 Å². The van der Waals surface area contributed by atoms with Gasteiger partial charge in [0.05, 0.1) is 0 Å². The lowest BCUT2D eigenvalue weighted by molar-refractivity contribution is 1.27. The summed E-state index contributed by atoms with van der Waals surface area (Å²) < 4.78 is 0. The monoisotopic (exact) mass is 112 g/mol. The molecule has 2 heteroatoms. The molecule has 1 heterocycles. The predicted octanol–water partition coefficient (Wildman–Crippen LogP) is 1.86. The lowest BCUT2D eigenvalue weighted by atomic mass is 10.3. The van der Waals surface area contributed by atoms with E-state index < -0.39 is 0 Å². The Morgan fingerprint density at radius 3 is 2.25 bits per heavy atom. The summed E-state index contributed by atoms with van der Waals surface area (Å²) in [4.78, 5) is 0. The average molecular weight is 112 g/mol. The third-order valence-corrected chi connectivity index (χ3v) is 0.697. The van der Waals surface area contributed by atoms with Crippen molar-refractivity contribution < 1.29 is 0 Å². The van der Waals surface area contributed by atoms with Crippen molar-refractivity contribution >= 4 is 11.9 Å². The van der Waals surface area contributed by atoms with Gasteiger partial charge >= 0.3 is 0 Å². The van der Waals surface area contributed by atoms with E-state index in [1.54, 1.807) is 6.21 Å². The third-order valence-electron chi connectivity index (χ3n) is 0.697. The Balaban J connectivity index is 0.000000222. The van der Waals surface area contributed by atoms with E-state index in [0.717, 1.165) is 12.1 Å². The molecule has 0 bridgehead atoms. The molecule has 46 valence electrons. The molecule has 0 amide bonds. The van der Waals surface area contributed by atoms with Crippen LogP contribution in [0.3, 0.4) is 0 Å². The first-order chi connectivity index (χ1) is 3.89. The average Bonchev–Trinajstić information content (AvgIpc) is 2.24. The molecule has 0 fully saturated rings. The van der Waals surface area contributed by atoms with E-state index in [1.165, 1.54) is 0 Å². The van der Waals surface area contributed by atoms with E-state index in [9.17, 15) is 0 Å². The second kappa shape index (κ2) is 4.50. The maximum Gasteiger partial charge on any atom is 0.0428 e. The Labute approximate surface area is 50.3 Å². The van der Waals surface area contributed by atoms with E-state index in [2.05, 4.69) is 10.2 Å². The van der Waals surface area contributed by atoms with Crippen molar-refractivity contribution in [2.75, 3.05) is 0 Å². The van der Waals surface area contributed by atoms with Crippen LogP contribution in [0.15, 0.2) is 10.2 Å². The second-order valence-electron chi connectivity index (χ2n) is 1.34. The zero-order chi connectivity index (χ0) is 6.41. The molecule has 0 unspecified atom stereocenters. The fraction of sp³-hybridized carbons (Fsp3) is 0.667. The van der Waals surface area contributed by atoms with Crippen molar-refractivity contribution in [3.05, 3.63) is 0 Å². The molecule has 0 aromatic rings. The number of hydrogen-bond donors (Lipinski definition) is 0. The Bertz CT molecular complexity index is 103. The molecule has 1 rings (SSSR count). The van der Waals surface area contributed by atoms with Crippen molar-refractivity contribution in [2.45, 2.75) is 27.2 Å². The van der Waals surface area contributed by atoms with Crippen LogP contribution in [0.4, 0.5) is 0 Å². The summed E-state index contributed by atoms with van der Waals surface area (Å²) in [7, 11) is 0. The fourth-order valence-corrected chi connectivity index (χ4v) is 0.353. The molecule has 0 spiro atoms. The summed E-state index contributed by atoms with van der Waals surface area (Å²) in [5.41, 5.74) is 1.11. The number of hydrogen-bond acceptors (Lipinski definition) is 2. The van der Waals surface area contributed by atoms with Crippen molar-refractivity contribution in [3.63, 3.8) is 0 Å². The maximum absolute atomic E-state index is 3.72. The van der Waals surface area contributed by atoms with Crippen LogP contribution in [-0.4, -0.2) is 11.9 Å². The Kier molecular flexibility index (Phi) is 4.13. The van der Waals surface area contributed by atoms with Crippen molar-refractivity contribution in [2.24, 2.45) is 10.2 Å². The molecule has 0 aliphatic carbocycles. The quantitative estimate of drug-likeness (QED) is 0.457. The van der Waals surface area contributed by atoms with Gasteiger partial charge in [0.2, 0.25) is 0 Å². The Morgan fingerprint density at radius 1 is 1.50 bits per heavy atom. The summed E-state index contributed by atoms with van der Waals surface area (Å²) in [5, 5.41) is 7.35.